The lowest BCUT2D eigenvalue weighted by Gasteiger charge is -2.20. The summed E-state index contributed by atoms with van der Waals surface area (Å²) in [5.74, 6) is 0. The normalized spacial score (nSPS) is 12.0. The van der Waals surface area contributed by atoms with E-state index in [1.165, 1.54) is 87.6 Å². The zero-order chi connectivity index (χ0) is 32.8. The van der Waals surface area contributed by atoms with Crippen LogP contribution in [0.25, 0.3) is 110 Å². The van der Waals surface area contributed by atoms with Crippen molar-refractivity contribution in [2.24, 2.45) is 0 Å². The Morgan fingerprint density at radius 3 is 1.56 bits per heavy atom. The van der Waals surface area contributed by atoms with Crippen LogP contribution >= 0.6 is 0 Å². The van der Waals surface area contributed by atoms with E-state index in [9.17, 15) is 0 Å². The number of fused-ring (bicyclic) bond motifs is 9. The molecule has 10 aromatic rings. The van der Waals surface area contributed by atoms with Crippen molar-refractivity contribution in [1.82, 2.24) is 4.98 Å². The minimum atomic E-state index is 0.998. The van der Waals surface area contributed by atoms with Crippen molar-refractivity contribution >= 4 is 54.0 Å². The van der Waals surface area contributed by atoms with Crippen LogP contribution < -0.4 is 0 Å². The van der Waals surface area contributed by atoms with Crippen molar-refractivity contribution < 1.29 is 0 Å². The van der Waals surface area contributed by atoms with Crippen LogP contribution in [0, 0.1) is 0 Å². The van der Waals surface area contributed by atoms with Crippen LogP contribution in [0.3, 0.4) is 0 Å². The first kappa shape index (κ1) is 27.4. The molecule has 1 heteroatoms. The number of nitrogens with zero attached hydrogens (tertiary/aromatic N) is 1. The van der Waals surface area contributed by atoms with E-state index in [1.54, 1.807) is 0 Å². The molecule has 0 aliphatic heterocycles. The van der Waals surface area contributed by atoms with Crippen molar-refractivity contribution in [1.29, 1.82) is 0 Å². The summed E-state index contributed by atoms with van der Waals surface area (Å²) in [6.07, 6.45) is 0. The second-order valence-electron chi connectivity index (χ2n) is 13.4. The van der Waals surface area contributed by atoms with E-state index >= 15 is 0 Å². The van der Waals surface area contributed by atoms with Gasteiger partial charge in [-0.05, 0) is 112 Å². The Morgan fingerprint density at radius 1 is 0.300 bits per heavy atom. The van der Waals surface area contributed by atoms with Crippen molar-refractivity contribution in [2.45, 2.75) is 0 Å². The first-order valence-corrected chi connectivity index (χ1v) is 17.3. The number of benzene rings is 9. The number of aromatic nitrogens is 1. The Balaban J connectivity index is 1.32. The topological polar surface area (TPSA) is 12.9 Å². The molecule has 9 aromatic carbocycles. The number of hydrogen-bond donors (Lipinski definition) is 0. The second kappa shape index (κ2) is 10.5. The van der Waals surface area contributed by atoms with Crippen LogP contribution in [-0.4, -0.2) is 4.98 Å². The highest BCUT2D eigenvalue weighted by Gasteiger charge is 2.31. The van der Waals surface area contributed by atoms with Crippen molar-refractivity contribution in [3.05, 3.63) is 176 Å². The zero-order valence-electron chi connectivity index (χ0n) is 27.2. The van der Waals surface area contributed by atoms with Crippen molar-refractivity contribution in [3.8, 4) is 55.8 Å². The third kappa shape index (κ3) is 3.80. The molecule has 0 atom stereocenters. The highest BCUT2D eigenvalue weighted by Crippen LogP contribution is 2.59. The molecule has 0 N–H and O–H groups in total. The van der Waals surface area contributed by atoms with Crippen molar-refractivity contribution in [2.75, 3.05) is 0 Å². The lowest BCUT2D eigenvalue weighted by atomic mass is 9.82. The van der Waals surface area contributed by atoms with Gasteiger partial charge in [-0.25, -0.2) is 4.98 Å². The van der Waals surface area contributed by atoms with Crippen LogP contribution in [0.4, 0.5) is 0 Å². The standard InChI is InChI=1S/C49H29N/c1-3-15-31(16-4-1)45-35-21-10-11-22-36(35)46(32-17-5-2-6-18-32)49-42-29-39-33-19-8-9-20-34(33)41(44-27-26-30-14-7-12-25-43(30)50-44)28-40(39)37-23-13-24-38(47(37)42)48(45)49/h1-29H. The smallest absolute Gasteiger partial charge is 0.0716 e. The van der Waals surface area contributed by atoms with Gasteiger partial charge in [0.05, 0.1) is 11.2 Å². The van der Waals surface area contributed by atoms with Crippen LogP contribution in [0.2, 0.25) is 0 Å². The van der Waals surface area contributed by atoms with Crippen LogP contribution in [0.15, 0.2) is 176 Å². The predicted octanol–water partition coefficient (Wildman–Crippen LogP) is 13.5. The first-order chi connectivity index (χ1) is 24.8. The Bertz CT molecular complexity index is 3010. The van der Waals surface area contributed by atoms with Crippen molar-refractivity contribution in [3.63, 3.8) is 0 Å². The molecular formula is C49H29N. The molecule has 0 saturated carbocycles. The molecule has 0 bridgehead atoms. The van der Waals surface area contributed by atoms with Gasteiger partial charge in [0, 0.05) is 10.9 Å². The van der Waals surface area contributed by atoms with Gasteiger partial charge in [0.1, 0.15) is 0 Å². The fourth-order valence-corrected chi connectivity index (χ4v) is 8.68. The maximum absolute atomic E-state index is 5.18. The average Bonchev–Trinajstić information content (AvgIpc) is 3.51. The van der Waals surface area contributed by atoms with Gasteiger partial charge in [-0.2, -0.15) is 0 Å². The van der Waals surface area contributed by atoms with Gasteiger partial charge in [0.15, 0.2) is 0 Å². The molecule has 1 aliphatic rings. The highest BCUT2D eigenvalue weighted by atomic mass is 14.7. The minimum absolute atomic E-state index is 0.998. The fraction of sp³-hybridized carbons (Fsp3) is 0. The number of para-hydroxylation sites is 1. The van der Waals surface area contributed by atoms with Gasteiger partial charge in [-0.15, -0.1) is 0 Å². The molecule has 1 aromatic heterocycles. The SMILES string of the molecule is c1ccc(-c2c3c(c(-c4ccccc4)c4ccccc24)-c2cc4c5ccccc5c(-c5ccc6ccccc6n5)cc4c4cccc-3c24)cc1. The monoisotopic (exact) mass is 631 g/mol. The van der Waals surface area contributed by atoms with Crippen LogP contribution in [0.1, 0.15) is 0 Å². The Kier molecular flexibility index (Phi) is 5.73. The molecule has 0 spiro atoms. The number of hydrogen-bond acceptors (Lipinski definition) is 1. The van der Waals surface area contributed by atoms with Gasteiger partial charge < -0.3 is 0 Å². The molecule has 0 unspecified atom stereocenters. The van der Waals surface area contributed by atoms with Gasteiger partial charge >= 0.3 is 0 Å². The van der Waals surface area contributed by atoms with E-state index in [2.05, 4.69) is 176 Å². The zero-order valence-corrected chi connectivity index (χ0v) is 27.2. The van der Waals surface area contributed by atoms with Gasteiger partial charge in [0.25, 0.3) is 0 Å². The highest BCUT2D eigenvalue weighted by molar-refractivity contribution is 6.33. The first-order valence-electron chi connectivity index (χ1n) is 17.3. The minimum Gasteiger partial charge on any atom is -0.248 e. The predicted molar refractivity (Wildman–Crippen MR) is 213 cm³/mol. The van der Waals surface area contributed by atoms with Gasteiger partial charge in [0.2, 0.25) is 0 Å². The largest absolute Gasteiger partial charge is 0.248 e. The summed E-state index contributed by atoms with van der Waals surface area (Å²) in [4.78, 5) is 5.18. The second-order valence-corrected chi connectivity index (χ2v) is 13.4. The Morgan fingerprint density at radius 2 is 0.840 bits per heavy atom. The molecular weight excluding hydrogens is 603 g/mol. The van der Waals surface area contributed by atoms with E-state index in [-0.39, 0.29) is 0 Å². The summed E-state index contributed by atoms with van der Waals surface area (Å²) in [5, 5.41) is 11.3. The Labute approximate surface area is 289 Å². The lowest BCUT2D eigenvalue weighted by Crippen LogP contribution is -1.93. The van der Waals surface area contributed by atoms with E-state index in [4.69, 9.17) is 4.98 Å². The third-order valence-electron chi connectivity index (χ3n) is 10.8. The van der Waals surface area contributed by atoms with E-state index in [1.807, 2.05) is 0 Å². The molecule has 11 rings (SSSR count). The molecule has 1 heterocycles. The summed E-state index contributed by atoms with van der Waals surface area (Å²) in [6.45, 7) is 0. The molecule has 0 saturated heterocycles. The van der Waals surface area contributed by atoms with E-state index in [0.717, 1.165) is 22.2 Å². The maximum atomic E-state index is 5.18. The van der Waals surface area contributed by atoms with Gasteiger partial charge in [-0.3, -0.25) is 0 Å². The van der Waals surface area contributed by atoms with Gasteiger partial charge in [-0.1, -0.05) is 152 Å². The summed E-state index contributed by atoms with van der Waals surface area (Å²) in [6, 6.07) is 64.3. The Hall–Kier alpha value is -6.57. The summed E-state index contributed by atoms with van der Waals surface area (Å²) in [5.41, 5.74) is 13.5. The summed E-state index contributed by atoms with van der Waals surface area (Å²) >= 11 is 0. The molecule has 1 aliphatic carbocycles. The third-order valence-corrected chi connectivity index (χ3v) is 10.8. The summed E-state index contributed by atoms with van der Waals surface area (Å²) in [7, 11) is 0. The van der Waals surface area contributed by atoms with Crippen LogP contribution in [-0.2, 0) is 0 Å². The fourth-order valence-electron chi connectivity index (χ4n) is 8.68. The molecule has 0 radical (unpaired) electrons. The molecule has 0 amide bonds. The van der Waals surface area contributed by atoms with E-state index < -0.39 is 0 Å². The van der Waals surface area contributed by atoms with Crippen LogP contribution in [0.5, 0.6) is 0 Å². The number of pyridine rings is 1. The summed E-state index contributed by atoms with van der Waals surface area (Å²) < 4.78 is 0. The lowest BCUT2D eigenvalue weighted by molar-refractivity contribution is 1.41. The van der Waals surface area contributed by atoms with E-state index in [0.29, 0.717) is 0 Å². The average molecular weight is 632 g/mol. The maximum Gasteiger partial charge on any atom is 0.0716 e. The number of rotatable bonds is 3. The molecule has 50 heavy (non-hydrogen) atoms. The quantitative estimate of drug-likeness (QED) is 0.177. The molecule has 1 nitrogen and oxygen atoms in total. The molecule has 0 fully saturated rings. The molecule has 230 valence electrons.